The van der Waals surface area contributed by atoms with E-state index >= 15 is 0 Å². The molecule has 0 fully saturated rings. The highest BCUT2D eigenvalue weighted by Gasteiger charge is 2.11. The Bertz CT molecular complexity index is 982. The maximum absolute atomic E-state index is 12.4. The Labute approximate surface area is 156 Å². The van der Waals surface area contributed by atoms with Crippen LogP contribution in [0.2, 0.25) is 0 Å². The Morgan fingerprint density at radius 2 is 1.11 bits per heavy atom. The van der Waals surface area contributed by atoms with Gasteiger partial charge in [0.1, 0.15) is 0 Å². The molecule has 3 rings (SSSR count). The Morgan fingerprint density at radius 3 is 1.63 bits per heavy atom. The van der Waals surface area contributed by atoms with Gasteiger partial charge >= 0.3 is 0 Å². The molecule has 0 heterocycles. The Balaban J connectivity index is 1.75. The van der Waals surface area contributed by atoms with E-state index in [-0.39, 0.29) is 11.8 Å². The number of rotatable bonds is 4. The topological polar surface area (TPSA) is 136 Å². The van der Waals surface area contributed by atoms with Crippen molar-refractivity contribution in [3.63, 3.8) is 0 Å². The van der Waals surface area contributed by atoms with Crippen molar-refractivity contribution in [2.24, 2.45) is 0 Å². The van der Waals surface area contributed by atoms with Gasteiger partial charge in [0, 0.05) is 28.2 Å². The van der Waals surface area contributed by atoms with Crippen LogP contribution >= 0.6 is 0 Å². The lowest BCUT2D eigenvalue weighted by Gasteiger charge is -2.12. The molecule has 0 aliphatic rings. The zero-order valence-electron chi connectivity index (χ0n) is 14.4. The van der Waals surface area contributed by atoms with Gasteiger partial charge in [0.2, 0.25) is 0 Å². The summed E-state index contributed by atoms with van der Waals surface area (Å²) in [6, 6.07) is 17.9. The fraction of sp³-hybridized carbons (Fsp3) is 0. The standard InChI is InChI=1S/C20H19N5O2/c21-14-5-1-12(2-6-14)19(26)24-16-9-10-17(23)18(11-16)25-20(27)13-3-7-15(22)8-4-13/h1-11H,21-23H2,(H,24,26)(H,25,27). The molecule has 0 aromatic heterocycles. The van der Waals surface area contributed by atoms with Crippen LogP contribution in [0.25, 0.3) is 0 Å². The minimum atomic E-state index is -0.330. The second-order valence-corrected chi connectivity index (χ2v) is 5.95. The summed E-state index contributed by atoms with van der Waals surface area (Å²) in [4.78, 5) is 24.7. The molecular weight excluding hydrogens is 342 g/mol. The van der Waals surface area contributed by atoms with Crippen LogP contribution in [0.15, 0.2) is 66.7 Å². The molecule has 0 saturated carbocycles. The summed E-state index contributed by atoms with van der Waals surface area (Å²) in [7, 11) is 0. The van der Waals surface area contributed by atoms with Gasteiger partial charge in [-0.1, -0.05) is 0 Å². The smallest absolute Gasteiger partial charge is 0.255 e. The highest BCUT2D eigenvalue weighted by molar-refractivity contribution is 6.07. The summed E-state index contributed by atoms with van der Waals surface area (Å²) in [5.41, 5.74) is 20.5. The van der Waals surface area contributed by atoms with Crippen LogP contribution in [-0.4, -0.2) is 11.8 Å². The first-order valence-electron chi connectivity index (χ1n) is 8.16. The number of hydrogen-bond donors (Lipinski definition) is 5. The SMILES string of the molecule is Nc1ccc(C(=O)Nc2ccc(N)c(NC(=O)c3ccc(N)cc3)c2)cc1. The van der Waals surface area contributed by atoms with Crippen LogP contribution in [0.4, 0.5) is 28.4 Å². The van der Waals surface area contributed by atoms with Crippen LogP contribution in [0.1, 0.15) is 20.7 Å². The van der Waals surface area contributed by atoms with Gasteiger partial charge in [0.25, 0.3) is 11.8 Å². The molecule has 0 spiro atoms. The van der Waals surface area contributed by atoms with Gasteiger partial charge < -0.3 is 27.8 Å². The number of carbonyl (C=O) groups is 2. The van der Waals surface area contributed by atoms with Gasteiger partial charge in [0.05, 0.1) is 11.4 Å². The van der Waals surface area contributed by atoms with E-state index in [0.717, 1.165) is 0 Å². The third-order valence-corrected chi connectivity index (χ3v) is 3.91. The van der Waals surface area contributed by atoms with Gasteiger partial charge in [-0.05, 0) is 66.7 Å². The summed E-state index contributed by atoms with van der Waals surface area (Å²) >= 11 is 0. The summed E-state index contributed by atoms with van der Waals surface area (Å²) in [5.74, 6) is -0.626. The van der Waals surface area contributed by atoms with E-state index in [1.165, 1.54) is 0 Å². The molecule has 0 saturated heterocycles. The molecule has 0 bridgehead atoms. The molecular formula is C20H19N5O2. The van der Waals surface area contributed by atoms with E-state index in [0.29, 0.717) is 39.6 Å². The normalized spacial score (nSPS) is 10.2. The number of nitrogen functional groups attached to an aromatic ring is 3. The van der Waals surface area contributed by atoms with E-state index < -0.39 is 0 Å². The first-order chi connectivity index (χ1) is 12.9. The van der Waals surface area contributed by atoms with Crippen molar-refractivity contribution in [3.8, 4) is 0 Å². The number of nitrogens with one attached hydrogen (secondary N) is 2. The Hall–Kier alpha value is -4.00. The molecule has 0 aliphatic heterocycles. The van der Waals surface area contributed by atoms with E-state index in [4.69, 9.17) is 17.2 Å². The number of carbonyl (C=O) groups excluding carboxylic acids is 2. The summed E-state index contributed by atoms with van der Waals surface area (Å²) in [6.07, 6.45) is 0. The van der Waals surface area contributed by atoms with Crippen LogP contribution < -0.4 is 27.8 Å². The van der Waals surface area contributed by atoms with Gasteiger partial charge in [-0.25, -0.2) is 0 Å². The van der Waals surface area contributed by atoms with Crippen molar-refractivity contribution in [1.29, 1.82) is 0 Å². The Morgan fingerprint density at radius 1 is 0.630 bits per heavy atom. The second kappa shape index (κ2) is 7.49. The lowest BCUT2D eigenvalue weighted by atomic mass is 10.1. The zero-order chi connectivity index (χ0) is 19.4. The average molecular weight is 361 g/mol. The van der Waals surface area contributed by atoms with E-state index in [1.54, 1.807) is 66.7 Å². The lowest BCUT2D eigenvalue weighted by Crippen LogP contribution is -2.15. The van der Waals surface area contributed by atoms with Crippen LogP contribution in [0.3, 0.4) is 0 Å². The van der Waals surface area contributed by atoms with Crippen LogP contribution in [0.5, 0.6) is 0 Å². The maximum atomic E-state index is 12.4. The monoisotopic (exact) mass is 361 g/mol. The van der Waals surface area contributed by atoms with Gasteiger partial charge in [-0.3, -0.25) is 9.59 Å². The molecule has 0 aliphatic carbocycles. The molecule has 7 heteroatoms. The summed E-state index contributed by atoms with van der Waals surface area (Å²) in [5, 5.41) is 5.50. The van der Waals surface area contributed by atoms with E-state index in [9.17, 15) is 9.59 Å². The first-order valence-corrected chi connectivity index (χ1v) is 8.16. The molecule has 0 unspecified atom stereocenters. The number of anilines is 5. The molecule has 2 amide bonds. The number of nitrogens with two attached hydrogens (primary N) is 3. The van der Waals surface area contributed by atoms with Gasteiger partial charge in [0.15, 0.2) is 0 Å². The highest BCUT2D eigenvalue weighted by atomic mass is 16.2. The molecule has 0 atom stereocenters. The molecule has 0 radical (unpaired) electrons. The summed E-state index contributed by atoms with van der Waals surface area (Å²) in [6.45, 7) is 0. The minimum Gasteiger partial charge on any atom is -0.399 e. The van der Waals surface area contributed by atoms with Crippen LogP contribution in [-0.2, 0) is 0 Å². The molecule has 3 aromatic rings. The van der Waals surface area contributed by atoms with Crippen LogP contribution in [0, 0.1) is 0 Å². The first kappa shape index (κ1) is 17.8. The van der Waals surface area contributed by atoms with Crippen molar-refractivity contribution in [3.05, 3.63) is 77.9 Å². The number of benzene rings is 3. The van der Waals surface area contributed by atoms with Gasteiger partial charge in [-0.15, -0.1) is 0 Å². The molecule has 7 nitrogen and oxygen atoms in total. The number of amides is 2. The third-order valence-electron chi connectivity index (χ3n) is 3.91. The number of hydrogen-bond acceptors (Lipinski definition) is 5. The van der Waals surface area contributed by atoms with E-state index in [2.05, 4.69) is 10.6 Å². The fourth-order valence-electron chi connectivity index (χ4n) is 2.41. The predicted octanol–water partition coefficient (Wildman–Crippen LogP) is 2.94. The predicted molar refractivity (Wildman–Crippen MR) is 108 cm³/mol. The van der Waals surface area contributed by atoms with Crippen molar-refractivity contribution in [2.75, 3.05) is 27.8 Å². The van der Waals surface area contributed by atoms with Crippen molar-refractivity contribution < 1.29 is 9.59 Å². The molecule has 136 valence electrons. The minimum absolute atomic E-state index is 0.296. The molecule has 8 N–H and O–H groups in total. The third kappa shape index (κ3) is 4.35. The largest absolute Gasteiger partial charge is 0.399 e. The van der Waals surface area contributed by atoms with Crippen molar-refractivity contribution in [2.45, 2.75) is 0 Å². The van der Waals surface area contributed by atoms with Gasteiger partial charge in [-0.2, -0.15) is 0 Å². The molecule has 27 heavy (non-hydrogen) atoms. The average Bonchev–Trinajstić information content (AvgIpc) is 2.65. The highest BCUT2D eigenvalue weighted by Crippen LogP contribution is 2.24. The zero-order valence-corrected chi connectivity index (χ0v) is 14.4. The fourth-order valence-corrected chi connectivity index (χ4v) is 2.41. The van der Waals surface area contributed by atoms with Crippen molar-refractivity contribution in [1.82, 2.24) is 0 Å². The molecule has 3 aromatic carbocycles. The summed E-state index contributed by atoms with van der Waals surface area (Å²) < 4.78 is 0. The quantitative estimate of drug-likeness (QED) is 0.455. The second-order valence-electron chi connectivity index (χ2n) is 5.95. The van der Waals surface area contributed by atoms with E-state index in [1.807, 2.05) is 0 Å². The maximum Gasteiger partial charge on any atom is 0.255 e. The lowest BCUT2D eigenvalue weighted by molar-refractivity contribution is 0.101. The Kier molecular flexibility index (Phi) is 4.94. The van der Waals surface area contributed by atoms with Crippen molar-refractivity contribution >= 4 is 40.3 Å².